The van der Waals surface area contributed by atoms with Crippen molar-refractivity contribution in [1.82, 2.24) is 9.97 Å². The second kappa shape index (κ2) is 6.12. The minimum absolute atomic E-state index is 0.0611. The van der Waals surface area contributed by atoms with Crippen LogP contribution in [0.1, 0.15) is 65.7 Å². The molecule has 0 aliphatic heterocycles. The third-order valence-corrected chi connectivity index (χ3v) is 4.30. The van der Waals surface area contributed by atoms with E-state index in [-0.39, 0.29) is 17.1 Å². The van der Waals surface area contributed by atoms with Crippen molar-refractivity contribution in [2.75, 3.05) is 5.32 Å². The number of carbonyl (C=O) groups is 2. The van der Waals surface area contributed by atoms with Gasteiger partial charge in [0.2, 0.25) is 5.89 Å². The van der Waals surface area contributed by atoms with E-state index in [9.17, 15) is 9.59 Å². The van der Waals surface area contributed by atoms with Crippen LogP contribution >= 0.6 is 0 Å². The zero-order valence-electron chi connectivity index (χ0n) is 15.9. The van der Waals surface area contributed by atoms with Crippen molar-refractivity contribution in [2.24, 2.45) is 0 Å². The molecule has 2 aromatic heterocycles. The number of amides is 1. The first-order valence-corrected chi connectivity index (χ1v) is 8.50. The Balaban J connectivity index is 1.90. The number of oxazole rings is 1. The van der Waals surface area contributed by atoms with Crippen LogP contribution in [-0.2, 0) is 5.41 Å². The molecule has 6 nitrogen and oxygen atoms in total. The number of aromatic nitrogens is 2. The second-order valence-corrected chi connectivity index (χ2v) is 7.59. The molecular weight excluding hydrogens is 330 g/mol. The number of nitrogens with zero attached hydrogens (tertiary/aromatic N) is 1. The fourth-order valence-electron chi connectivity index (χ4n) is 3.02. The Labute approximate surface area is 152 Å². The number of benzene rings is 1. The van der Waals surface area contributed by atoms with Gasteiger partial charge in [-0.1, -0.05) is 20.8 Å². The quantitative estimate of drug-likeness (QED) is 0.677. The van der Waals surface area contributed by atoms with Gasteiger partial charge in [0.05, 0.1) is 0 Å². The van der Waals surface area contributed by atoms with Crippen LogP contribution in [0.25, 0.3) is 11.1 Å². The summed E-state index contributed by atoms with van der Waals surface area (Å²) >= 11 is 0. The van der Waals surface area contributed by atoms with Gasteiger partial charge in [0, 0.05) is 22.4 Å². The summed E-state index contributed by atoms with van der Waals surface area (Å²) in [5.74, 6) is 0.295. The van der Waals surface area contributed by atoms with E-state index in [1.807, 2.05) is 20.8 Å². The number of Topliss-reactive ketones (excluding diaryl/α,β-unsaturated/α-hetero) is 1. The van der Waals surface area contributed by atoms with Gasteiger partial charge < -0.3 is 14.7 Å². The number of anilines is 1. The van der Waals surface area contributed by atoms with Crippen LogP contribution in [0.4, 0.5) is 5.69 Å². The molecule has 6 heteroatoms. The molecule has 2 N–H and O–H groups in total. The van der Waals surface area contributed by atoms with Crippen LogP contribution in [0.15, 0.2) is 22.6 Å². The van der Waals surface area contributed by atoms with Gasteiger partial charge >= 0.3 is 0 Å². The number of fused-ring (bicyclic) bond motifs is 1. The Hall–Kier alpha value is -2.89. The predicted octanol–water partition coefficient (Wildman–Crippen LogP) is 4.53. The largest absolute Gasteiger partial charge is 0.440 e. The minimum Gasteiger partial charge on any atom is -0.440 e. The summed E-state index contributed by atoms with van der Waals surface area (Å²) in [6, 6.07) is 5.35. The fourth-order valence-corrected chi connectivity index (χ4v) is 3.02. The lowest BCUT2D eigenvalue weighted by Crippen LogP contribution is -2.13. The molecule has 1 amide bonds. The Morgan fingerprint density at radius 1 is 1.19 bits per heavy atom. The molecule has 3 aromatic rings. The highest BCUT2D eigenvalue weighted by molar-refractivity contribution is 6.08. The molecule has 26 heavy (non-hydrogen) atoms. The van der Waals surface area contributed by atoms with Gasteiger partial charge in [-0.3, -0.25) is 9.59 Å². The molecule has 1 aromatic carbocycles. The number of aromatic amines is 1. The van der Waals surface area contributed by atoms with Crippen LogP contribution in [0.2, 0.25) is 0 Å². The summed E-state index contributed by atoms with van der Waals surface area (Å²) in [5, 5.41) is 2.86. The fraction of sp³-hybridized carbons (Fsp3) is 0.350. The molecule has 0 fully saturated rings. The van der Waals surface area contributed by atoms with Crippen LogP contribution < -0.4 is 5.32 Å². The molecule has 0 spiro atoms. The first kappa shape index (κ1) is 17.9. The lowest BCUT2D eigenvalue weighted by Gasteiger charge is -2.11. The monoisotopic (exact) mass is 353 g/mol. The lowest BCUT2D eigenvalue weighted by atomic mass is 9.97. The van der Waals surface area contributed by atoms with Gasteiger partial charge in [-0.2, -0.15) is 0 Å². The molecule has 0 bridgehead atoms. The molecule has 0 radical (unpaired) electrons. The number of ketones is 1. The molecule has 2 heterocycles. The normalized spacial score (nSPS) is 11.8. The maximum Gasteiger partial charge on any atom is 0.272 e. The van der Waals surface area contributed by atoms with Crippen molar-refractivity contribution in [1.29, 1.82) is 0 Å². The Bertz CT molecular complexity index is 1020. The molecule has 0 saturated carbocycles. The van der Waals surface area contributed by atoms with Gasteiger partial charge in [0.1, 0.15) is 11.2 Å². The summed E-state index contributed by atoms with van der Waals surface area (Å²) < 4.78 is 5.77. The van der Waals surface area contributed by atoms with Gasteiger partial charge in [-0.05, 0) is 44.5 Å². The van der Waals surface area contributed by atoms with Gasteiger partial charge in [0.25, 0.3) is 5.91 Å². The predicted molar refractivity (Wildman–Crippen MR) is 101 cm³/mol. The van der Waals surface area contributed by atoms with Crippen LogP contribution in [0.3, 0.4) is 0 Å². The molecule has 0 atom stereocenters. The van der Waals surface area contributed by atoms with E-state index < -0.39 is 0 Å². The number of carbonyl (C=O) groups excluding carboxylic acids is 2. The number of H-pyrrole nitrogens is 1. The van der Waals surface area contributed by atoms with Gasteiger partial charge in [-0.15, -0.1) is 0 Å². The third-order valence-electron chi connectivity index (χ3n) is 4.30. The highest BCUT2D eigenvalue weighted by Gasteiger charge is 2.22. The third kappa shape index (κ3) is 3.14. The topological polar surface area (TPSA) is 88.0 Å². The molecule has 0 aliphatic carbocycles. The molecular formula is C20H23N3O3. The second-order valence-electron chi connectivity index (χ2n) is 7.59. The average molecular weight is 353 g/mol. The molecule has 136 valence electrons. The molecule has 0 aliphatic rings. The zero-order valence-corrected chi connectivity index (χ0v) is 15.9. The minimum atomic E-state index is -0.294. The maximum atomic E-state index is 12.6. The smallest absolute Gasteiger partial charge is 0.272 e. The van der Waals surface area contributed by atoms with E-state index in [0.717, 1.165) is 0 Å². The van der Waals surface area contributed by atoms with E-state index in [4.69, 9.17) is 4.42 Å². The highest BCUT2D eigenvalue weighted by Crippen LogP contribution is 2.27. The van der Waals surface area contributed by atoms with E-state index >= 15 is 0 Å². The van der Waals surface area contributed by atoms with Crippen molar-refractivity contribution in [3.8, 4) is 0 Å². The van der Waals surface area contributed by atoms with Crippen molar-refractivity contribution in [2.45, 2.75) is 47.0 Å². The molecule has 0 unspecified atom stereocenters. The molecule has 0 saturated heterocycles. The van der Waals surface area contributed by atoms with Crippen molar-refractivity contribution >= 4 is 28.5 Å². The number of nitrogens with one attached hydrogen (secondary N) is 2. The number of aryl methyl sites for hydroxylation is 1. The lowest BCUT2D eigenvalue weighted by molar-refractivity contribution is 0.101. The van der Waals surface area contributed by atoms with E-state index in [0.29, 0.717) is 45.2 Å². The van der Waals surface area contributed by atoms with Crippen molar-refractivity contribution in [3.63, 3.8) is 0 Å². The first-order valence-electron chi connectivity index (χ1n) is 8.50. The maximum absolute atomic E-state index is 12.6. The first-order chi connectivity index (χ1) is 12.1. The van der Waals surface area contributed by atoms with Gasteiger partial charge in [0.15, 0.2) is 11.4 Å². The summed E-state index contributed by atoms with van der Waals surface area (Å²) in [4.78, 5) is 31.9. The SMILES string of the molecule is CC(=O)c1c(C)[nH]c(C(=O)Nc2ccc3oc(C(C)(C)C)nc3c2)c1C. The van der Waals surface area contributed by atoms with Crippen molar-refractivity contribution in [3.05, 3.63) is 46.6 Å². The Morgan fingerprint density at radius 2 is 1.88 bits per heavy atom. The van der Waals surface area contributed by atoms with Crippen LogP contribution in [0.5, 0.6) is 0 Å². The summed E-state index contributed by atoms with van der Waals surface area (Å²) in [7, 11) is 0. The average Bonchev–Trinajstić information content (AvgIpc) is 3.07. The van der Waals surface area contributed by atoms with E-state index in [2.05, 4.69) is 15.3 Å². The molecule has 3 rings (SSSR count). The summed E-state index contributed by atoms with van der Waals surface area (Å²) in [6.07, 6.45) is 0. The van der Waals surface area contributed by atoms with Crippen molar-refractivity contribution < 1.29 is 14.0 Å². The summed E-state index contributed by atoms with van der Waals surface area (Å²) in [5.41, 5.74) is 4.11. The van der Waals surface area contributed by atoms with Crippen LogP contribution in [0, 0.1) is 13.8 Å². The number of hydrogen-bond acceptors (Lipinski definition) is 4. The summed E-state index contributed by atoms with van der Waals surface area (Å²) in [6.45, 7) is 11.1. The van der Waals surface area contributed by atoms with Gasteiger partial charge in [-0.25, -0.2) is 4.98 Å². The van der Waals surface area contributed by atoms with E-state index in [1.54, 1.807) is 32.0 Å². The van der Waals surface area contributed by atoms with E-state index in [1.165, 1.54) is 6.92 Å². The zero-order chi connectivity index (χ0) is 19.2. The highest BCUT2D eigenvalue weighted by atomic mass is 16.3. The Kier molecular flexibility index (Phi) is 4.22. The number of rotatable bonds is 3. The standard InChI is InChI=1S/C20H23N3O3/c1-10-16(12(3)24)11(2)21-17(10)18(25)22-13-7-8-15-14(9-13)23-19(26-15)20(4,5)6/h7-9,21H,1-6H3,(H,22,25). The Morgan fingerprint density at radius 3 is 2.46 bits per heavy atom. The number of hydrogen-bond donors (Lipinski definition) is 2. The van der Waals surface area contributed by atoms with Crippen LogP contribution in [-0.4, -0.2) is 21.7 Å².